The van der Waals surface area contributed by atoms with Gasteiger partial charge in [0.2, 0.25) is 0 Å². The number of aromatic nitrogens is 2. The number of halogens is 1. The molecule has 0 radical (unpaired) electrons. The van der Waals surface area contributed by atoms with Gasteiger partial charge in [-0.2, -0.15) is 0 Å². The molecule has 0 saturated heterocycles. The molecule has 0 fully saturated rings. The lowest BCUT2D eigenvalue weighted by Crippen LogP contribution is -2.15. The Bertz CT molecular complexity index is 1470. The molecule has 0 saturated carbocycles. The number of benzene rings is 2. The first-order valence-electron chi connectivity index (χ1n) is 12.5. The van der Waals surface area contributed by atoms with Crippen LogP contribution < -0.4 is 16.8 Å². The van der Waals surface area contributed by atoms with Crippen molar-refractivity contribution in [1.82, 2.24) is 15.3 Å². The number of fused-ring (bicyclic) bond motifs is 1. The number of hydrogen-bond donors (Lipinski definition) is 3. The van der Waals surface area contributed by atoms with E-state index in [4.69, 9.17) is 23.1 Å². The third-order valence-corrected chi connectivity index (χ3v) is 5.83. The van der Waals surface area contributed by atoms with Gasteiger partial charge >= 0.3 is 0 Å². The molecule has 0 aliphatic carbocycles. The number of primary amides is 1. The number of carbonyl (C=O) groups excluding carboxylic acids is 2. The van der Waals surface area contributed by atoms with Crippen molar-refractivity contribution in [2.45, 2.75) is 33.7 Å². The Morgan fingerprint density at radius 2 is 1.77 bits per heavy atom. The maximum atomic E-state index is 11.7. The molecule has 2 heterocycles. The lowest BCUT2D eigenvalue weighted by atomic mass is 10.0. The number of pyridine rings is 2. The summed E-state index contributed by atoms with van der Waals surface area (Å²) in [6.07, 6.45) is 4.28. The second-order valence-corrected chi connectivity index (χ2v) is 8.83. The van der Waals surface area contributed by atoms with Crippen LogP contribution in [0.1, 0.15) is 62.5 Å². The van der Waals surface area contributed by atoms with E-state index in [2.05, 4.69) is 32.4 Å². The van der Waals surface area contributed by atoms with Crippen molar-refractivity contribution in [1.29, 1.82) is 0 Å². The fourth-order valence-corrected chi connectivity index (χ4v) is 4.07. The van der Waals surface area contributed by atoms with Gasteiger partial charge in [0.1, 0.15) is 12.1 Å². The van der Waals surface area contributed by atoms with Crippen LogP contribution in [-0.2, 0) is 13.0 Å². The van der Waals surface area contributed by atoms with E-state index in [-0.39, 0.29) is 0 Å². The molecule has 39 heavy (non-hydrogen) atoms. The molecule has 1 amide bonds. The van der Waals surface area contributed by atoms with Gasteiger partial charge in [-0.3, -0.25) is 24.5 Å². The second-order valence-electron chi connectivity index (χ2n) is 8.40. The average molecular weight is 547 g/mol. The van der Waals surface area contributed by atoms with Crippen LogP contribution in [0.4, 0.5) is 0 Å². The predicted octanol–water partition coefficient (Wildman–Crippen LogP) is 4.86. The number of rotatable bonds is 7. The highest BCUT2D eigenvalue weighted by molar-refractivity contribution is 6.31. The zero-order chi connectivity index (χ0) is 28.9. The van der Waals surface area contributed by atoms with Crippen molar-refractivity contribution in [3.8, 4) is 0 Å². The minimum absolute atomic E-state index is 0.334. The Balaban J connectivity index is 0.000000287. The number of nitrogens with one attached hydrogen (secondary N) is 1. The van der Waals surface area contributed by atoms with Crippen LogP contribution in [0.15, 0.2) is 65.9 Å². The maximum absolute atomic E-state index is 11.7. The third-order valence-electron chi connectivity index (χ3n) is 5.63. The summed E-state index contributed by atoms with van der Waals surface area (Å²) in [5.74, 6) is 0.0415. The number of carbonyl (C=O) groups is 2. The summed E-state index contributed by atoms with van der Waals surface area (Å²) < 4.78 is 0. The highest BCUT2D eigenvalue weighted by Crippen LogP contribution is 2.23. The normalized spacial score (nSPS) is 10.7. The van der Waals surface area contributed by atoms with E-state index in [1.165, 1.54) is 17.3 Å². The van der Waals surface area contributed by atoms with Gasteiger partial charge in [-0.1, -0.05) is 43.6 Å². The number of aliphatic imine (C=N–C) groups is 1. The van der Waals surface area contributed by atoms with Crippen molar-refractivity contribution in [2.75, 3.05) is 14.1 Å². The molecule has 0 bridgehead atoms. The van der Waals surface area contributed by atoms with Crippen LogP contribution in [0.3, 0.4) is 0 Å². The number of amidine groups is 1. The molecule has 5 N–H and O–H groups in total. The molecule has 0 aliphatic rings. The summed E-state index contributed by atoms with van der Waals surface area (Å²) in [6.45, 7) is 6.93. The lowest BCUT2D eigenvalue weighted by Gasteiger charge is -2.08. The summed E-state index contributed by atoms with van der Waals surface area (Å²) in [6, 6.07) is 14.9. The van der Waals surface area contributed by atoms with Gasteiger partial charge in [0.15, 0.2) is 0 Å². The molecular weight excluding hydrogens is 512 g/mol. The zero-order valence-corrected chi connectivity index (χ0v) is 23.7. The van der Waals surface area contributed by atoms with Crippen LogP contribution in [0.5, 0.6) is 0 Å². The summed E-state index contributed by atoms with van der Waals surface area (Å²) in [5.41, 5.74) is 17.6. The Morgan fingerprint density at radius 1 is 1.03 bits per heavy atom. The molecule has 8 nitrogen and oxygen atoms in total. The molecule has 9 heteroatoms. The van der Waals surface area contributed by atoms with E-state index in [1.54, 1.807) is 37.5 Å². The average Bonchev–Trinajstić information content (AvgIpc) is 2.94. The summed E-state index contributed by atoms with van der Waals surface area (Å²) in [5, 5.41) is 4.32. The predicted molar refractivity (Wildman–Crippen MR) is 160 cm³/mol. The molecule has 0 spiro atoms. The Labute approximate surface area is 234 Å². The summed E-state index contributed by atoms with van der Waals surface area (Å²) >= 11 is 5.97. The van der Waals surface area contributed by atoms with Crippen molar-refractivity contribution >= 4 is 40.5 Å². The SMILES string of the molecule is CC.CN=C(N)c1ccc(CNC)cc1C.NC(=O)c1cc(Cc2cc(C=O)ccn2)cc2cc(Cl)cnc12. The largest absolute Gasteiger partial charge is 0.384 e. The minimum atomic E-state index is -0.554. The standard InChI is InChI=1S/C17H12ClN3O2.C11H17N3.C2H6/c18-13-7-12-3-11(5-14-4-10(9-22)1-2-20-14)6-15(17(19)23)16(12)21-8-13;1-8-6-9(7-13-2)4-5-10(8)11(12)14-3;1-2/h1-4,6-9H,5H2,(H2,19,23);4-6,13H,7H2,1-3H3,(H2,12,14);1-2H3. The monoisotopic (exact) mass is 546 g/mol. The van der Waals surface area contributed by atoms with E-state index in [0.717, 1.165) is 35.0 Å². The highest BCUT2D eigenvalue weighted by Gasteiger charge is 2.12. The van der Waals surface area contributed by atoms with Gasteiger partial charge < -0.3 is 16.8 Å². The highest BCUT2D eigenvalue weighted by atomic mass is 35.5. The molecule has 0 unspecified atom stereocenters. The van der Waals surface area contributed by atoms with E-state index >= 15 is 0 Å². The quantitative estimate of drug-likeness (QED) is 0.172. The molecule has 0 aliphatic heterocycles. The smallest absolute Gasteiger partial charge is 0.250 e. The van der Waals surface area contributed by atoms with Crippen molar-refractivity contribution in [3.63, 3.8) is 0 Å². The number of amides is 1. The molecule has 2 aromatic heterocycles. The molecule has 4 aromatic rings. The van der Waals surface area contributed by atoms with E-state index in [0.29, 0.717) is 33.9 Å². The second kappa shape index (κ2) is 15.3. The van der Waals surface area contributed by atoms with Crippen molar-refractivity contribution in [3.05, 3.63) is 105 Å². The molecule has 0 atom stereocenters. The van der Waals surface area contributed by atoms with Crippen LogP contribution in [0.25, 0.3) is 10.9 Å². The molecule has 2 aromatic carbocycles. The first-order chi connectivity index (χ1) is 18.7. The van der Waals surface area contributed by atoms with E-state index in [1.807, 2.05) is 40.0 Å². The number of nitrogens with two attached hydrogens (primary N) is 2. The fraction of sp³-hybridized carbons (Fsp3) is 0.233. The molecule has 4 rings (SSSR count). The minimum Gasteiger partial charge on any atom is -0.384 e. The molecular formula is C30H35ClN6O2. The number of aryl methyl sites for hydroxylation is 1. The Kier molecular flexibility index (Phi) is 12.2. The van der Waals surface area contributed by atoms with Crippen molar-refractivity contribution < 1.29 is 9.59 Å². The van der Waals surface area contributed by atoms with Gasteiger partial charge in [0.05, 0.1) is 16.1 Å². The van der Waals surface area contributed by atoms with Gasteiger partial charge in [-0.15, -0.1) is 0 Å². The van der Waals surface area contributed by atoms with Crippen LogP contribution in [0, 0.1) is 6.92 Å². The van der Waals surface area contributed by atoms with Gasteiger partial charge in [-0.25, -0.2) is 0 Å². The topological polar surface area (TPSA) is 136 Å². The van der Waals surface area contributed by atoms with Crippen LogP contribution >= 0.6 is 11.6 Å². The van der Waals surface area contributed by atoms with Gasteiger partial charge in [-0.05, 0) is 61.0 Å². The molecule has 204 valence electrons. The zero-order valence-electron chi connectivity index (χ0n) is 23.0. The van der Waals surface area contributed by atoms with Gasteiger partial charge in [0.25, 0.3) is 5.91 Å². The Morgan fingerprint density at radius 3 is 2.38 bits per heavy atom. The third kappa shape index (κ3) is 8.70. The lowest BCUT2D eigenvalue weighted by molar-refractivity contribution is 0.100. The van der Waals surface area contributed by atoms with E-state index < -0.39 is 5.91 Å². The fourth-order valence-electron chi connectivity index (χ4n) is 3.90. The van der Waals surface area contributed by atoms with Crippen molar-refractivity contribution in [2.24, 2.45) is 16.5 Å². The Hall–Kier alpha value is -4.14. The number of nitrogens with zero attached hydrogens (tertiary/aromatic N) is 3. The number of aldehydes is 1. The van der Waals surface area contributed by atoms with Gasteiger partial charge in [0, 0.05) is 54.6 Å². The van der Waals surface area contributed by atoms with Crippen LogP contribution in [0.2, 0.25) is 5.02 Å². The first kappa shape index (κ1) is 31.1. The maximum Gasteiger partial charge on any atom is 0.250 e. The number of hydrogen-bond acceptors (Lipinski definition) is 6. The first-order valence-corrected chi connectivity index (χ1v) is 12.9. The summed E-state index contributed by atoms with van der Waals surface area (Å²) in [4.78, 5) is 34.9. The van der Waals surface area contributed by atoms with E-state index in [9.17, 15) is 9.59 Å². The summed E-state index contributed by atoms with van der Waals surface area (Å²) in [7, 11) is 3.64. The van der Waals surface area contributed by atoms with Crippen LogP contribution in [-0.4, -0.2) is 42.1 Å².